The molecule has 0 atom stereocenters. The predicted octanol–water partition coefficient (Wildman–Crippen LogP) is 3.44. The van der Waals surface area contributed by atoms with Crippen LogP contribution in [0.5, 0.6) is 5.75 Å². The van der Waals surface area contributed by atoms with Crippen LogP contribution >= 0.6 is 0 Å². The number of hydrogen-bond acceptors (Lipinski definition) is 6. The molecule has 6 heteroatoms. The van der Waals surface area contributed by atoms with Crippen LogP contribution in [0, 0.1) is 11.3 Å². The molecule has 2 aromatic rings. The first-order valence-electron chi connectivity index (χ1n) is 7.46. The van der Waals surface area contributed by atoms with Crippen LogP contribution in [-0.2, 0) is 0 Å². The lowest BCUT2D eigenvalue weighted by molar-refractivity contribution is 0.101. The summed E-state index contributed by atoms with van der Waals surface area (Å²) >= 11 is 0. The van der Waals surface area contributed by atoms with Crippen molar-refractivity contribution in [2.24, 2.45) is 0 Å². The van der Waals surface area contributed by atoms with Crippen molar-refractivity contribution in [3.8, 4) is 22.9 Å². The summed E-state index contributed by atoms with van der Waals surface area (Å²) in [5, 5.41) is 20.4. The van der Waals surface area contributed by atoms with E-state index in [1.807, 2.05) is 6.07 Å². The van der Waals surface area contributed by atoms with Crippen molar-refractivity contribution >= 4 is 11.5 Å². The molecule has 1 N–H and O–H groups in total. The second-order valence-corrected chi connectivity index (χ2v) is 5.61. The van der Waals surface area contributed by atoms with E-state index in [0.717, 1.165) is 10.6 Å². The second kappa shape index (κ2) is 7.11. The largest absolute Gasteiger partial charge is 0.496 e. The maximum atomic E-state index is 11.8. The van der Waals surface area contributed by atoms with Gasteiger partial charge < -0.3 is 4.74 Å². The number of ketones is 1. The number of benzene rings is 1. The molecule has 0 aliphatic rings. The summed E-state index contributed by atoms with van der Waals surface area (Å²) in [6.45, 7) is 5.07. The Labute approximate surface area is 140 Å². The van der Waals surface area contributed by atoms with Crippen LogP contribution in [0.15, 0.2) is 30.5 Å². The fourth-order valence-electron chi connectivity index (χ4n) is 2.31. The molecule has 0 saturated heterocycles. The lowest BCUT2D eigenvalue weighted by Gasteiger charge is -2.22. The zero-order chi connectivity index (χ0) is 17.9. The van der Waals surface area contributed by atoms with E-state index in [2.05, 4.69) is 4.98 Å². The summed E-state index contributed by atoms with van der Waals surface area (Å²) in [6.07, 6.45) is 1.54. The molecular weight excluding hydrogens is 306 g/mol. The third-order valence-electron chi connectivity index (χ3n) is 3.62. The van der Waals surface area contributed by atoms with E-state index < -0.39 is 0 Å². The maximum absolute atomic E-state index is 11.8. The van der Waals surface area contributed by atoms with Gasteiger partial charge in [-0.05, 0) is 44.5 Å². The molecule has 0 bridgehead atoms. The van der Waals surface area contributed by atoms with Crippen LogP contribution < -0.4 is 9.80 Å². The number of Topliss-reactive ketones (excluding diaryl/α,β-unsaturated/α-hetero) is 1. The highest BCUT2D eigenvalue weighted by molar-refractivity contribution is 5.98. The first kappa shape index (κ1) is 17.4. The molecule has 0 aliphatic carbocycles. The van der Waals surface area contributed by atoms with Crippen molar-refractivity contribution in [1.82, 2.24) is 4.98 Å². The molecule has 1 aromatic carbocycles. The summed E-state index contributed by atoms with van der Waals surface area (Å²) in [4.78, 5) is 15.9. The number of ether oxygens (including phenoxy) is 1. The number of hydroxylamine groups is 1. The number of methoxy groups -OCH3 is 1. The van der Waals surface area contributed by atoms with Gasteiger partial charge in [0, 0.05) is 11.8 Å². The van der Waals surface area contributed by atoms with Gasteiger partial charge in [-0.2, -0.15) is 5.26 Å². The predicted molar refractivity (Wildman–Crippen MR) is 90.3 cm³/mol. The molecule has 0 unspecified atom stereocenters. The monoisotopic (exact) mass is 325 g/mol. The molecule has 0 spiro atoms. The standard InChI is InChI=1S/C18H19N3O3/c1-11(2)21(23)17-8-14(10-20-16(17)9-19)13-5-6-18(24-4)15(7-13)12(3)22/h5-8,10-11,23H,1-4H3. The Balaban J connectivity index is 2.58. The SMILES string of the molecule is COc1ccc(-c2cnc(C#N)c(N(O)C(C)C)c2)cc1C(C)=O. The van der Waals surface area contributed by atoms with Crippen molar-refractivity contribution in [3.63, 3.8) is 0 Å². The summed E-state index contributed by atoms with van der Waals surface area (Å²) < 4.78 is 5.20. The average Bonchev–Trinajstić information content (AvgIpc) is 2.59. The van der Waals surface area contributed by atoms with Gasteiger partial charge in [-0.15, -0.1) is 0 Å². The van der Waals surface area contributed by atoms with Crippen molar-refractivity contribution < 1.29 is 14.7 Å². The number of nitriles is 1. The van der Waals surface area contributed by atoms with Gasteiger partial charge in [0.05, 0.1) is 18.7 Å². The lowest BCUT2D eigenvalue weighted by atomic mass is 10.0. The van der Waals surface area contributed by atoms with Crippen LogP contribution in [0.2, 0.25) is 0 Å². The van der Waals surface area contributed by atoms with Gasteiger partial charge in [-0.25, -0.2) is 4.98 Å². The lowest BCUT2D eigenvalue weighted by Crippen LogP contribution is -2.27. The summed E-state index contributed by atoms with van der Waals surface area (Å²) in [5.74, 6) is 0.389. The van der Waals surface area contributed by atoms with Gasteiger partial charge in [0.15, 0.2) is 11.5 Å². The molecule has 2 rings (SSSR count). The van der Waals surface area contributed by atoms with E-state index in [9.17, 15) is 15.3 Å². The van der Waals surface area contributed by atoms with Gasteiger partial charge in [0.1, 0.15) is 17.5 Å². The molecule has 0 amide bonds. The van der Waals surface area contributed by atoms with Crippen molar-refractivity contribution in [2.75, 3.05) is 12.2 Å². The van der Waals surface area contributed by atoms with Gasteiger partial charge in [0.2, 0.25) is 0 Å². The first-order chi connectivity index (χ1) is 11.4. The van der Waals surface area contributed by atoms with Crippen molar-refractivity contribution in [3.05, 3.63) is 41.7 Å². The Kier molecular flexibility index (Phi) is 5.17. The molecule has 6 nitrogen and oxygen atoms in total. The number of carbonyl (C=O) groups is 1. The van der Waals surface area contributed by atoms with Gasteiger partial charge >= 0.3 is 0 Å². The molecule has 0 saturated carbocycles. The highest BCUT2D eigenvalue weighted by atomic mass is 16.5. The van der Waals surface area contributed by atoms with Crippen LogP contribution in [-0.4, -0.2) is 29.1 Å². The Morgan fingerprint density at radius 3 is 2.58 bits per heavy atom. The number of rotatable bonds is 5. The Hall–Kier alpha value is -2.91. The van der Waals surface area contributed by atoms with E-state index in [0.29, 0.717) is 22.6 Å². The number of hydrogen-bond donors (Lipinski definition) is 1. The zero-order valence-electron chi connectivity index (χ0n) is 14.1. The van der Waals surface area contributed by atoms with Gasteiger partial charge in [0.25, 0.3) is 0 Å². The molecule has 1 heterocycles. The van der Waals surface area contributed by atoms with Crippen molar-refractivity contribution in [2.45, 2.75) is 26.8 Å². The van der Waals surface area contributed by atoms with Crippen molar-refractivity contribution in [1.29, 1.82) is 5.26 Å². The zero-order valence-corrected chi connectivity index (χ0v) is 14.1. The molecule has 0 fully saturated rings. The minimum atomic E-state index is -0.210. The molecule has 0 radical (unpaired) electrons. The fraction of sp³-hybridized carbons (Fsp3) is 0.278. The van der Waals surface area contributed by atoms with Gasteiger partial charge in [-0.3, -0.25) is 15.1 Å². The van der Waals surface area contributed by atoms with Gasteiger partial charge in [-0.1, -0.05) is 6.07 Å². The minimum absolute atomic E-state index is 0.110. The number of aromatic nitrogens is 1. The third-order valence-corrected chi connectivity index (χ3v) is 3.62. The fourth-order valence-corrected chi connectivity index (χ4v) is 2.31. The number of pyridine rings is 1. The smallest absolute Gasteiger partial charge is 0.166 e. The quantitative estimate of drug-likeness (QED) is 0.669. The normalized spacial score (nSPS) is 10.4. The summed E-state index contributed by atoms with van der Waals surface area (Å²) in [5.41, 5.74) is 2.36. The van der Waals surface area contributed by atoms with E-state index >= 15 is 0 Å². The number of anilines is 1. The molecule has 1 aromatic heterocycles. The van der Waals surface area contributed by atoms with E-state index in [4.69, 9.17) is 4.74 Å². The van der Waals surface area contributed by atoms with Crippen LogP contribution in [0.4, 0.5) is 5.69 Å². The Morgan fingerprint density at radius 2 is 2.04 bits per heavy atom. The summed E-state index contributed by atoms with van der Waals surface area (Å²) in [7, 11) is 1.51. The van der Waals surface area contributed by atoms with Crippen LogP contribution in [0.1, 0.15) is 36.8 Å². The molecule has 124 valence electrons. The van der Waals surface area contributed by atoms with Crippen LogP contribution in [0.3, 0.4) is 0 Å². The Bertz CT molecular complexity index is 810. The topological polar surface area (TPSA) is 86.4 Å². The van der Waals surface area contributed by atoms with E-state index in [1.54, 1.807) is 44.3 Å². The van der Waals surface area contributed by atoms with E-state index in [1.165, 1.54) is 14.0 Å². The highest BCUT2D eigenvalue weighted by Gasteiger charge is 2.16. The molecule has 0 aliphatic heterocycles. The third kappa shape index (κ3) is 3.36. The molecule has 24 heavy (non-hydrogen) atoms. The average molecular weight is 325 g/mol. The number of carbonyl (C=O) groups excluding carboxylic acids is 1. The minimum Gasteiger partial charge on any atom is -0.496 e. The van der Waals surface area contributed by atoms with E-state index in [-0.39, 0.29) is 17.5 Å². The molecular formula is C18H19N3O3. The van der Waals surface area contributed by atoms with Crippen LogP contribution in [0.25, 0.3) is 11.1 Å². The maximum Gasteiger partial charge on any atom is 0.166 e. The first-order valence-corrected chi connectivity index (χ1v) is 7.46. The number of nitrogens with zero attached hydrogens (tertiary/aromatic N) is 3. The second-order valence-electron chi connectivity index (χ2n) is 5.61. The highest BCUT2D eigenvalue weighted by Crippen LogP contribution is 2.30. The summed E-state index contributed by atoms with van der Waals surface area (Å²) in [6, 6.07) is 8.66. The Morgan fingerprint density at radius 1 is 1.33 bits per heavy atom.